The van der Waals surface area contributed by atoms with Crippen LogP contribution in [0.15, 0.2) is 12.1 Å². The van der Waals surface area contributed by atoms with E-state index < -0.39 is 0 Å². The van der Waals surface area contributed by atoms with Crippen LogP contribution in [-0.2, 0) is 0 Å². The van der Waals surface area contributed by atoms with Gasteiger partial charge < -0.3 is 10.4 Å². The van der Waals surface area contributed by atoms with Gasteiger partial charge in [0.15, 0.2) is 0 Å². The summed E-state index contributed by atoms with van der Waals surface area (Å²) in [7, 11) is 0. The number of anilines is 1. The van der Waals surface area contributed by atoms with Gasteiger partial charge >= 0.3 is 0 Å². The molecule has 2 rings (SSSR count). The molecule has 1 aliphatic rings. The van der Waals surface area contributed by atoms with Gasteiger partial charge in [-0.3, -0.25) is 0 Å². The number of aryl methyl sites for hydroxylation is 1. The molecule has 0 saturated heterocycles. The van der Waals surface area contributed by atoms with E-state index in [0.717, 1.165) is 16.8 Å². The van der Waals surface area contributed by atoms with Gasteiger partial charge in [0.25, 0.3) is 0 Å². The molecule has 0 unspecified atom stereocenters. The third-order valence-corrected chi connectivity index (χ3v) is 4.55. The predicted molar refractivity (Wildman–Crippen MR) is 86.4 cm³/mol. The van der Waals surface area contributed by atoms with Gasteiger partial charge in [0.1, 0.15) is 5.75 Å². The lowest BCUT2D eigenvalue weighted by Gasteiger charge is -2.45. The van der Waals surface area contributed by atoms with Gasteiger partial charge in [-0.1, -0.05) is 33.8 Å². The molecule has 0 aliphatic heterocycles. The molecular weight excluding hydrogens is 246 g/mol. The molecule has 0 spiro atoms. The van der Waals surface area contributed by atoms with E-state index in [9.17, 15) is 5.11 Å². The average Bonchev–Trinajstić information content (AvgIpc) is 2.26. The van der Waals surface area contributed by atoms with Gasteiger partial charge in [-0.15, -0.1) is 0 Å². The first-order valence-electron chi connectivity index (χ1n) is 7.65. The molecule has 0 heterocycles. The van der Waals surface area contributed by atoms with E-state index >= 15 is 0 Å². The number of benzene rings is 1. The molecule has 20 heavy (non-hydrogen) atoms. The predicted octanol–water partition coefficient (Wildman–Crippen LogP) is 5.03. The lowest BCUT2D eigenvalue weighted by molar-refractivity contribution is 0.105. The van der Waals surface area contributed by atoms with Gasteiger partial charge in [0.2, 0.25) is 0 Å². The molecule has 0 atom stereocenters. The van der Waals surface area contributed by atoms with Gasteiger partial charge in [-0.05, 0) is 55.6 Å². The molecule has 1 fully saturated rings. The normalized spacial score (nSPS) is 21.7. The average molecular weight is 275 g/mol. The molecule has 1 saturated carbocycles. The fourth-order valence-corrected chi connectivity index (χ4v) is 4.16. The number of hydrogen-bond acceptors (Lipinski definition) is 2. The SMILES string of the molecule is Cc1ccc(NC2CC(C)(C)CC(C)(C)C2)c(C)c1O. The molecule has 0 aromatic heterocycles. The van der Waals surface area contributed by atoms with Crippen LogP contribution in [0.25, 0.3) is 0 Å². The minimum absolute atomic E-state index is 0.375. The molecular formula is C18H29NO. The third kappa shape index (κ3) is 3.28. The zero-order valence-corrected chi connectivity index (χ0v) is 13.8. The van der Waals surface area contributed by atoms with Crippen molar-refractivity contribution in [3.05, 3.63) is 23.3 Å². The highest BCUT2D eigenvalue weighted by Gasteiger charge is 2.38. The number of phenolic OH excluding ortho intramolecular Hbond substituents is 1. The van der Waals surface area contributed by atoms with E-state index in [1.165, 1.54) is 19.3 Å². The van der Waals surface area contributed by atoms with Crippen LogP contribution in [0.3, 0.4) is 0 Å². The lowest BCUT2D eigenvalue weighted by Crippen LogP contribution is -2.40. The first-order chi connectivity index (χ1) is 9.10. The lowest BCUT2D eigenvalue weighted by atomic mass is 9.63. The highest BCUT2D eigenvalue weighted by molar-refractivity contribution is 5.59. The van der Waals surface area contributed by atoms with E-state index in [0.29, 0.717) is 22.6 Å². The molecule has 1 aromatic carbocycles. The standard InChI is InChI=1S/C18H29NO/c1-12-7-8-15(13(2)16(12)20)19-14-9-17(3,4)11-18(5,6)10-14/h7-8,14,19-20H,9-11H2,1-6H3. The Morgan fingerprint density at radius 1 is 1.05 bits per heavy atom. The largest absolute Gasteiger partial charge is 0.507 e. The minimum Gasteiger partial charge on any atom is -0.507 e. The Balaban J connectivity index is 2.20. The van der Waals surface area contributed by atoms with E-state index in [2.05, 4.69) is 39.1 Å². The molecule has 1 aliphatic carbocycles. The quantitative estimate of drug-likeness (QED) is 0.793. The van der Waals surface area contributed by atoms with Crippen LogP contribution in [0.1, 0.15) is 58.1 Å². The highest BCUT2D eigenvalue weighted by atomic mass is 16.3. The van der Waals surface area contributed by atoms with Crippen LogP contribution >= 0.6 is 0 Å². The Bertz CT molecular complexity index is 486. The molecule has 0 amide bonds. The Morgan fingerprint density at radius 2 is 1.60 bits per heavy atom. The summed E-state index contributed by atoms with van der Waals surface area (Å²) in [4.78, 5) is 0. The zero-order chi connectivity index (χ0) is 15.1. The summed E-state index contributed by atoms with van der Waals surface area (Å²) < 4.78 is 0. The van der Waals surface area contributed by atoms with Crippen LogP contribution in [0.2, 0.25) is 0 Å². The summed E-state index contributed by atoms with van der Waals surface area (Å²) in [6.07, 6.45) is 3.64. The summed E-state index contributed by atoms with van der Waals surface area (Å²) in [6.45, 7) is 13.4. The van der Waals surface area contributed by atoms with Crippen molar-refractivity contribution >= 4 is 5.69 Å². The molecule has 0 bridgehead atoms. The second-order valence-corrected chi connectivity index (χ2v) is 8.16. The van der Waals surface area contributed by atoms with Crippen molar-refractivity contribution < 1.29 is 5.11 Å². The second kappa shape index (κ2) is 4.98. The molecule has 0 radical (unpaired) electrons. The minimum atomic E-state index is 0.375. The number of rotatable bonds is 2. The number of phenols is 1. The Morgan fingerprint density at radius 3 is 2.15 bits per heavy atom. The van der Waals surface area contributed by atoms with Gasteiger partial charge in [-0.2, -0.15) is 0 Å². The van der Waals surface area contributed by atoms with Crippen molar-refractivity contribution in [2.24, 2.45) is 10.8 Å². The number of aromatic hydroxyl groups is 1. The Kier molecular flexibility index (Phi) is 3.79. The molecule has 2 heteroatoms. The maximum atomic E-state index is 10.1. The summed E-state index contributed by atoms with van der Waals surface area (Å²) >= 11 is 0. The smallest absolute Gasteiger partial charge is 0.123 e. The second-order valence-electron chi connectivity index (χ2n) is 8.16. The summed E-state index contributed by atoms with van der Waals surface area (Å²) in [6, 6.07) is 4.57. The first kappa shape index (κ1) is 15.2. The Hall–Kier alpha value is -1.18. The van der Waals surface area contributed by atoms with Crippen LogP contribution in [0, 0.1) is 24.7 Å². The maximum absolute atomic E-state index is 10.1. The number of nitrogens with one attached hydrogen (secondary N) is 1. The van der Waals surface area contributed by atoms with Crippen LogP contribution in [0.5, 0.6) is 5.75 Å². The van der Waals surface area contributed by atoms with E-state index in [4.69, 9.17) is 0 Å². The molecule has 112 valence electrons. The first-order valence-corrected chi connectivity index (χ1v) is 7.65. The van der Waals surface area contributed by atoms with Gasteiger partial charge in [0, 0.05) is 17.3 Å². The molecule has 1 aromatic rings. The van der Waals surface area contributed by atoms with Crippen molar-refractivity contribution in [2.45, 2.75) is 66.8 Å². The third-order valence-electron chi connectivity index (χ3n) is 4.55. The van der Waals surface area contributed by atoms with Crippen LogP contribution in [-0.4, -0.2) is 11.1 Å². The van der Waals surface area contributed by atoms with E-state index in [-0.39, 0.29) is 0 Å². The van der Waals surface area contributed by atoms with Crippen molar-refractivity contribution in [1.82, 2.24) is 0 Å². The maximum Gasteiger partial charge on any atom is 0.123 e. The topological polar surface area (TPSA) is 32.3 Å². The Labute approximate surface area is 123 Å². The molecule has 2 nitrogen and oxygen atoms in total. The van der Waals surface area contributed by atoms with Crippen molar-refractivity contribution in [3.8, 4) is 5.75 Å². The highest BCUT2D eigenvalue weighted by Crippen LogP contribution is 2.46. The van der Waals surface area contributed by atoms with E-state index in [1.807, 2.05) is 19.9 Å². The summed E-state index contributed by atoms with van der Waals surface area (Å²) in [5.41, 5.74) is 3.73. The number of hydrogen-bond donors (Lipinski definition) is 2. The fraction of sp³-hybridized carbons (Fsp3) is 0.667. The van der Waals surface area contributed by atoms with Gasteiger partial charge in [-0.25, -0.2) is 0 Å². The van der Waals surface area contributed by atoms with Crippen LogP contribution < -0.4 is 5.32 Å². The van der Waals surface area contributed by atoms with Crippen molar-refractivity contribution in [3.63, 3.8) is 0 Å². The summed E-state index contributed by atoms with van der Waals surface area (Å²) in [5.74, 6) is 0.421. The molecule has 2 N–H and O–H groups in total. The van der Waals surface area contributed by atoms with E-state index in [1.54, 1.807) is 0 Å². The van der Waals surface area contributed by atoms with Crippen molar-refractivity contribution in [1.29, 1.82) is 0 Å². The fourth-order valence-electron chi connectivity index (χ4n) is 4.16. The van der Waals surface area contributed by atoms with Crippen molar-refractivity contribution in [2.75, 3.05) is 5.32 Å². The van der Waals surface area contributed by atoms with Gasteiger partial charge in [0.05, 0.1) is 0 Å². The summed E-state index contributed by atoms with van der Waals surface area (Å²) in [5, 5.41) is 13.8. The van der Waals surface area contributed by atoms with Crippen LogP contribution in [0.4, 0.5) is 5.69 Å². The zero-order valence-electron chi connectivity index (χ0n) is 13.8. The monoisotopic (exact) mass is 275 g/mol.